The number of oxime groups is 1. The molecule has 0 aliphatic carbocycles. The molecule has 5 rings (SSSR count). The van der Waals surface area contributed by atoms with Gasteiger partial charge in [-0.3, -0.25) is 0 Å². The fourth-order valence-corrected chi connectivity index (χ4v) is 4.62. The van der Waals surface area contributed by atoms with Crippen LogP contribution in [0.4, 0.5) is 0 Å². The van der Waals surface area contributed by atoms with Gasteiger partial charge in [-0.1, -0.05) is 54.2 Å². The molecule has 0 bridgehead atoms. The number of carbonyl (C=O) groups is 1. The first-order chi connectivity index (χ1) is 18.5. The summed E-state index contributed by atoms with van der Waals surface area (Å²) in [7, 11) is 0. The fourth-order valence-electron chi connectivity index (χ4n) is 4.56. The van der Waals surface area contributed by atoms with Crippen molar-refractivity contribution in [2.45, 2.75) is 20.0 Å². The van der Waals surface area contributed by atoms with E-state index in [9.17, 15) is 4.79 Å². The molecular weight excluding hydrogens is 496 g/mol. The number of para-hydroxylation sites is 1. The van der Waals surface area contributed by atoms with Crippen molar-refractivity contribution in [3.63, 3.8) is 0 Å². The molecule has 1 atom stereocenters. The largest absolute Gasteiger partial charge is 0.489 e. The summed E-state index contributed by atoms with van der Waals surface area (Å²) in [5.74, 6) is 0.576. The Morgan fingerprint density at radius 2 is 1.68 bits per heavy atom. The Balaban J connectivity index is 1.63. The minimum absolute atomic E-state index is 0.119. The van der Waals surface area contributed by atoms with Crippen LogP contribution in [0.25, 0.3) is 28.0 Å². The van der Waals surface area contributed by atoms with Crippen LogP contribution in [0.15, 0.2) is 103 Å². The van der Waals surface area contributed by atoms with Crippen LogP contribution >= 0.6 is 11.6 Å². The van der Waals surface area contributed by atoms with Crippen LogP contribution in [0.5, 0.6) is 5.75 Å². The second-order valence-electron chi connectivity index (χ2n) is 9.05. The molecule has 5 nitrogen and oxygen atoms in total. The molecule has 0 amide bonds. The third-order valence-corrected chi connectivity index (χ3v) is 6.84. The lowest BCUT2D eigenvalue weighted by Gasteiger charge is -2.15. The van der Waals surface area contributed by atoms with Crippen molar-refractivity contribution in [3.8, 4) is 5.75 Å². The Kier molecular flexibility index (Phi) is 7.29. The number of ether oxygens (including phenoxy) is 1. The zero-order chi connectivity index (χ0) is 26.6. The van der Waals surface area contributed by atoms with Gasteiger partial charge in [-0.2, -0.15) is 0 Å². The summed E-state index contributed by atoms with van der Waals surface area (Å²) in [5, 5.41) is 6.55. The average Bonchev–Trinajstić information content (AvgIpc) is 3.27. The van der Waals surface area contributed by atoms with Crippen molar-refractivity contribution < 1.29 is 14.4 Å². The van der Waals surface area contributed by atoms with Crippen LogP contribution in [0.1, 0.15) is 34.0 Å². The number of rotatable bonds is 8. The van der Waals surface area contributed by atoms with E-state index in [2.05, 4.69) is 34.5 Å². The zero-order valence-corrected chi connectivity index (χ0v) is 22.0. The number of aromatic nitrogens is 1. The molecule has 0 N–H and O–H groups in total. The molecule has 0 radical (unpaired) electrons. The summed E-state index contributed by atoms with van der Waals surface area (Å²) >= 11 is 5.93. The van der Waals surface area contributed by atoms with Gasteiger partial charge >= 0.3 is 5.97 Å². The van der Waals surface area contributed by atoms with E-state index < -0.39 is 5.97 Å². The number of halogens is 1. The highest BCUT2D eigenvalue weighted by Gasteiger charge is 2.17. The number of alkyl halides is 1. The monoisotopic (exact) mass is 522 g/mol. The van der Waals surface area contributed by atoms with Gasteiger partial charge in [-0.15, -0.1) is 11.6 Å². The van der Waals surface area contributed by atoms with E-state index in [0.717, 1.165) is 38.5 Å². The second kappa shape index (κ2) is 11.0. The Morgan fingerprint density at radius 1 is 0.947 bits per heavy atom. The Bertz CT molecular complexity index is 1670. The predicted molar refractivity (Wildman–Crippen MR) is 155 cm³/mol. The highest BCUT2D eigenvalue weighted by Crippen LogP contribution is 2.31. The Labute approximate surface area is 226 Å². The van der Waals surface area contributed by atoms with Gasteiger partial charge in [0.2, 0.25) is 0 Å². The fraction of sp³-hybridized carbons (Fsp3) is 0.125. The van der Waals surface area contributed by atoms with E-state index in [4.69, 9.17) is 21.2 Å². The molecule has 0 saturated carbocycles. The highest BCUT2D eigenvalue weighted by atomic mass is 35.5. The van der Waals surface area contributed by atoms with Crippen molar-refractivity contribution in [1.82, 2.24) is 4.57 Å². The van der Waals surface area contributed by atoms with E-state index in [1.165, 1.54) is 0 Å². The van der Waals surface area contributed by atoms with Crippen LogP contribution < -0.4 is 4.74 Å². The van der Waals surface area contributed by atoms with E-state index in [0.29, 0.717) is 22.9 Å². The molecule has 0 spiro atoms. The summed E-state index contributed by atoms with van der Waals surface area (Å²) < 4.78 is 7.96. The third-order valence-electron chi connectivity index (χ3n) is 6.40. The smallest absolute Gasteiger partial charge is 0.365 e. The van der Waals surface area contributed by atoms with Crippen LogP contribution in [-0.4, -0.2) is 28.2 Å². The first-order valence-electron chi connectivity index (χ1n) is 12.3. The average molecular weight is 523 g/mol. The van der Waals surface area contributed by atoms with Gasteiger partial charge in [0.25, 0.3) is 0 Å². The molecule has 6 heteroatoms. The molecule has 0 saturated heterocycles. The van der Waals surface area contributed by atoms with E-state index in [1.54, 1.807) is 24.3 Å². The molecule has 0 aliphatic heterocycles. The highest BCUT2D eigenvalue weighted by molar-refractivity contribution is 6.18. The molecule has 4 aromatic carbocycles. The van der Waals surface area contributed by atoms with Gasteiger partial charge in [0.05, 0.1) is 22.5 Å². The quantitative estimate of drug-likeness (QED) is 0.0903. The van der Waals surface area contributed by atoms with Crippen molar-refractivity contribution in [2.24, 2.45) is 5.16 Å². The SMILES string of the molecule is C=Cn1c2ccccc2c2cc(/C(=N\OC(=O)c3ccccc3)c3ccc(OC(C)CCl)cc3C)ccc21. The maximum atomic E-state index is 12.8. The van der Waals surface area contributed by atoms with Gasteiger partial charge in [-0.05, 0) is 67.9 Å². The summed E-state index contributed by atoms with van der Waals surface area (Å²) in [6.07, 6.45) is 1.69. The molecule has 190 valence electrons. The first kappa shape index (κ1) is 25.3. The second-order valence-corrected chi connectivity index (χ2v) is 9.35. The predicted octanol–water partition coefficient (Wildman–Crippen LogP) is 7.82. The van der Waals surface area contributed by atoms with Gasteiger partial charge in [0, 0.05) is 28.1 Å². The lowest BCUT2D eigenvalue weighted by atomic mass is 9.96. The van der Waals surface area contributed by atoms with Gasteiger partial charge in [0.1, 0.15) is 17.6 Å². The summed E-state index contributed by atoms with van der Waals surface area (Å²) in [4.78, 5) is 18.2. The molecule has 1 aromatic heterocycles. The number of hydrogen-bond acceptors (Lipinski definition) is 4. The van der Waals surface area contributed by atoms with Gasteiger partial charge in [-0.25, -0.2) is 4.79 Å². The number of benzene rings is 4. The molecule has 0 aliphatic rings. The topological polar surface area (TPSA) is 52.8 Å². The zero-order valence-electron chi connectivity index (χ0n) is 21.2. The van der Waals surface area contributed by atoms with Crippen LogP contribution in [0, 0.1) is 6.92 Å². The third kappa shape index (κ3) is 4.93. The first-order valence-corrected chi connectivity index (χ1v) is 12.9. The minimum atomic E-state index is -0.527. The number of fused-ring (bicyclic) bond motifs is 3. The van der Waals surface area contributed by atoms with Crippen molar-refractivity contribution in [1.29, 1.82) is 0 Å². The summed E-state index contributed by atoms with van der Waals surface area (Å²) in [5.41, 5.74) is 5.62. The van der Waals surface area contributed by atoms with E-state index >= 15 is 0 Å². The normalized spacial score (nSPS) is 12.4. The summed E-state index contributed by atoms with van der Waals surface area (Å²) in [6.45, 7) is 7.89. The molecule has 1 unspecified atom stereocenters. The number of carbonyl (C=O) groups excluding carboxylic acids is 1. The minimum Gasteiger partial charge on any atom is -0.489 e. The standard InChI is InChI=1S/C32H27ClN2O3/c1-4-35-29-13-9-8-12-27(29)28-19-24(14-17-30(28)35)31(34-38-32(36)23-10-6-5-7-11-23)26-16-15-25(18-21(26)2)37-22(3)20-33/h4-19,22H,1,20H2,2-3H3/b34-31+. The van der Waals surface area contributed by atoms with Crippen LogP contribution in [-0.2, 0) is 4.84 Å². The van der Waals surface area contributed by atoms with Gasteiger partial charge < -0.3 is 14.1 Å². The van der Waals surface area contributed by atoms with Crippen molar-refractivity contribution >= 4 is 51.3 Å². The lowest BCUT2D eigenvalue weighted by molar-refractivity contribution is 0.0517. The lowest BCUT2D eigenvalue weighted by Crippen LogP contribution is -2.14. The summed E-state index contributed by atoms with van der Waals surface area (Å²) in [6, 6.07) is 28.8. The molecule has 38 heavy (non-hydrogen) atoms. The number of nitrogens with zero attached hydrogens (tertiary/aromatic N) is 2. The Hall–Kier alpha value is -4.35. The molecule has 0 fully saturated rings. The number of aryl methyl sites for hydroxylation is 1. The van der Waals surface area contributed by atoms with Crippen molar-refractivity contribution in [3.05, 3.63) is 120 Å². The van der Waals surface area contributed by atoms with E-state index in [1.807, 2.05) is 68.6 Å². The van der Waals surface area contributed by atoms with Crippen LogP contribution in [0.3, 0.4) is 0 Å². The molecule has 5 aromatic rings. The molecule has 1 heterocycles. The van der Waals surface area contributed by atoms with Crippen LogP contribution in [0.2, 0.25) is 0 Å². The van der Waals surface area contributed by atoms with Crippen molar-refractivity contribution in [2.75, 3.05) is 5.88 Å². The number of hydrogen-bond donors (Lipinski definition) is 0. The van der Waals surface area contributed by atoms with E-state index in [-0.39, 0.29) is 6.10 Å². The van der Waals surface area contributed by atoms with Gasteiger partial charge in [0.15, 0.2) is 0 Å². The Morgan fingerprint density at radius 3 is 2.42 bits per heavy atom. The molecular formula is C32H27ClN2O3. The maximum Gasteiger partial charge on any atom is 0.365 e. The maximum absolute atomic E-state index is 12.8.